The molecule has 0 radical (unpaired) electrons. The lowest BCUT2D eigenvalue weighted by Gasteiger charge is -2.22. The molecule has 5 N–H and O–H groups in total. The molecule has 0 aromatic rings. The van der Waals surface area contributed by atoms with E-state index in [0.29, 0.717) is 19.4 Å². The van der Waals surface area contributed by atoms with Crippen LogP contribution in [0.5, 0.6) is 0 Å². The van der Waals surface area contributed by atoms with E-state index in [1.165, 1.54) is 5.54 Å². The van der Waals surface area contributed by atoms with Crippen LogP contribution in [0, 0.1) is 11.8 Å². The van der Waals surface area contributed by atoms with E-state index in [1.54, 1.807) is 7.05 Å². The fourth-order valence-electron chi connectivity index (χ4n) is 2.09. The Hall–Kier alpha value is -0.550. The van der Waals surface area contributed by atoms with Crippen molar-refractivity contribution >= 4 is 15.6 Å². The average molecular weight is 502 g/mol. The maximum Gasteiger partial charge on any atom is 0.472 e. The predicted molar refractivity (Wildman–Crippen MR) is 99.5 cm³/mol. The predicted octanol–water partition coefficient (Wildman–Crippen LogP) is 0.822. The Morgan fingerprint density at radius 1 is 0.968 bits per heavy atom. The minimum atomic E-state index is -4.68. The molecule has 3 atom stereocenters. The number of halogens is 1. The number of phosphoric acid groups is 2. The first-order valence-electron chi connectivity index (χ1n) is 8.82. The van der Waals surface area contributed by atoms with Crippen LogP contribution in [0.4, 0.5) is 4.48 Å². The van der Waals surface area contributed by atoms with E-state index in [0.717, 1.165) is 6.26 Å². The summed E-state index contributed by atoms with van der Waals surface area (Å²) in [5.41, 5.74) is 1.43. The van der Waals surface area contributed by atoms with Crippen LogP contribution in [-0.4, -0.2) is 61.2 Å². The van der Waals surface area contributed by atoms with Crippen molar-refractivity contribution in [2.75, 3.05) is 46.6 Å². The first-order chi connectivity index (χ1) is 14.6. The SMILES string of the molecule is C=COOOOOCCOP(=O)(O)OCC(CCC(CNF)COP(=O)(O)O)CNC. The lowest BCUT2D eigenvalue weighted by atomic mass is 9.96. The highest BCUT2D eigenvalue weighted by Crippen LogP contribution is 2.43. The van der Waals surface area contributed by atoms with E-state index in [2.05, 4.69) is 45.8 Å². The molecule has 3 unspecified atom stereocenters. The zero-order valence-electron chi connectivity index (χ0n) is 16.8. The van der Waals surface area contributed by atoms with Gasteiger partial charge in [0.2, 0.25) is 0 Å². The van der Waals surface area contributed by atoms with E-state index >= 15 is 0 Å². The van der Waals surface area contributed by atoms with Gasteiger partial charge in [0.25, 0.3) is 0 Å². The summed E-state index contributed by atoms with van der Waals surface area (Å²) in [5, 5.41) is 14.7. The monoisotopic (exact) mass is 502 g/mol. The lowest BCUT2D eigenvalue weighted by Crippen LogP contribution is -2.26. The summed E-state index contributed by atoms with van der Waals surface area (Å²) >= 11 is 0. The molecule has 18 heteroatoms. The number of phosphoric ester groups is 2. The zero-order chi connectivity index (χ0) is 23.6. The third-order valence-corrected chi connectivity index (χ3v) is 4.90. The summed E-state index contributed by atoms with van der Waals surface area (Å²) in [7, 11) is -7.43. The Morgan fingerprint density at radius 3 is 2.19 bits per heavy atom. The molecule has 0 fully saturated rings. The maximum atomic E-state index is 12.4. The van der Waals surface area contributed by atoms with Gasteiger partial charge in [0.1, 0.15) is 12.9 Å². The number of nitrogens with one attached hydrogen (secondary N) is 2. The van der Waals surface area contributed by atoms with Crippen LogP contribution in [-0.2, 0) is 47.6 Å². The first kappa shape index (κ1) is 30.4. The Bertz CT molecular complexity index is 556. The molecule has 0 aliphatic heterocycles. The van der Waals surface area contributed by atoms with Crippen molar-refractivity contribution in [3.8, 4) is 0 Å². The lowest BCUT2D eigenvalue weighted by molar-refractivity contribution is -0.700. The minimum Gasteiger partial charge on any atom is -0.319 e. The van der Waals surface area contributed by atoms with Gasteiger partial charge in [0.15, 0.2) is 0 Å². The average Bonchev–Trinajstić information content (AvgIpc) is 2.69. The second-order valence-corrected chi connectivity index (χ2v) is 8.57. The third kappa shape index (κ3) is 19.8. The van der Waals surface area contributed by atoms with Crippen molar-refractivity contribution in [1.29, 1.82) is 0 Å². The van der Waals surface area contributed by atoms with Crippen LogP contribution in [0.15, 0.2) is 12.8 Å². The quantitative estimate of drug-likeness (QED) is 0.0349. The van der Waals surface area contributed by atoms with Crippen molar-refractivity contribution in [1.82, 2.24) is 10.9 Å². The topological polar surface area (TPSA) is 193 Å². The summed E-state index contributed by atoms with van der Waals surface area (Å²) in [6, 6.07) is 0. The molecule has 186 valence electrons. The zero-order valence-corrected chi connectivity index (χ0v) is 18.6. The van der Waals surface area contributed by atoms with Gasteiger partial charge in [-0.3, -0.25) is 13.6 Å². The van der Waals surface area contributed by atoms with E-state index in [4.69, 9.17) is 14.3 Å². The van der Waals surface area contributed by atoms with E-state index in [-0.39, 0.29) is 38.9 Å². The van der Waals surface area contributed by atoms with Crippen LogP contribution in [0.3, 0.4) is 0 Å². The molecule has 0 aromatic heterocycles. The molecule has 0 aliphatic rings. The van der Waals surface area contributed by atoms with Crippen molar-refractivity contribution in [2.45, 2.75) is 12.8 Å². The minimum absolute atomic E-state index is 0.184. The Kier molecular flexibility index (Phi) is 17.6. The van der Waals surface area contributed by atoms with Crippen LogP contribution in [0.1, 0.15) is 12.8 Å². The molecule has 0 rings (SSSR count). The van der Waals surface area contributed by atoms with Crippen LogP contribution in [0.25, 0.3) is 0 Å². The molecule has 0 aliphatic carbocycles. The molecular formula is C13H29FN2O13P2. The van der Waals surface area contributed by atoms with Crippen molar-refractivity contribution < 1.29 is 66.8 Å². The number of rotatable bonds is 22. The fourth-order valence-corrected chi connectivity index (χ4v) is 3.28. The summed E-state index contributed by atoms with van der Waals surface area (Å²) in [4.78, 5) is 35.7. The van der Waals surface area contributed by atoms with Gasteiger partial charge in [-0.25, -0.2) is 14.0 Å². The van der Waals surface area contributed by atoms with E-state index in [9.17, 15) is 18.5 Å². The second-order valence-electron chi connectivity index (χ2n) is 5.88. The van der Waals surface area contributed by atoms with Crippen molar-refractivity contribution in [2.24, 2.45) is 11.8 Å². The highest BCUT2D eigenvalue weighted by atomic mass is 31.2. The van der Waals surface area contributed by atoms with Gasteiger partial charge in [-0.15, -0.1) is 4.48 Å². The Labute approximate surface area is 178 Å². The van der Waals surface area contributed by atoms with Gasteiger partial charge < -0.3 is 24.9 Å². The first-order valence-corrected chi connectivity index (χ1v) is 11.8. The normalized spacial score (nSPS) is 15.9. The molecule has 0 spiro atoms. The van der Waals surface area contributed by atoms with Gasteiger partial charge in [-0.2, -0.15) is 5.54 Å². The number of hydrogen-bond acceptors (Lipinski definition) is 12. The van der Waals surface area contributed by atoms with Crippen molar-refractivity contribution in [3.05, 3.63) is 12.8 Å². The number of hydrogen-bond donors (Lipinski definition) is 5. The fraction of sp³-hybridized carbons (Fsp3) is 0.846. The van der Waals surface area contributed by atoms with Gasteiger partial charge >= 0.3 is 15.6 Å². The largest absolute Gasteiger partial charge is 0.472 e. The Morgan fingerprint density at radius 2 is 1.61 bits per heavy atom. The molecule has 0 saturated carbocycles. The molecular weight excluding hydrogens is 473 g/mol. The van der Waals surface area contributed by atoms with Gasteiger partial charge in [0.05, 0.1) is 19.8 Å². The maximum absolute atomic E-state index is 12.4. The van der Waals surface area contributed by atoms with Gasteiger partial charge in [-0.05, 0) is 43.3 Å². The summed E-state index contributed by atoms with van der Waals surface area (Å²) in [6.45, 7) is 2.09. The van der Waals surface area contributed by atoms with Crippen LogP contribution >= 0.6 is 15.6 Å². The van der Waals surface area contributed by atoms with Crippen LogP contribution < -0.4 is 10.9 Å². The summed E-state index contributed by atoms with van der Waals surface area (Å²) in [6.07, 6.45) is 1.58. The highest BCUT2D eigenvalue weighted by molar-refractivity contribution is 7.47. The molecule has 0 amide bonds. The van der Waals surface area contributed by atoms with E-state index < -0.39 is 21.6 Å². The highest BCUT2D eigenvalue weighted by Gasteiger charge is 2.24. The van der Waals surface area contributed by atoms with E-state index in [1.807, 2.05) is 0 Å². The van der Waals surface area contributed by atoms with Crippen LogP contribution in [0.2, 0.25) is 0 Å². The third-order valence-electron chi connectivity index (χ3n) is 3.43. The van der Waals surface area contributed by atoms with Gasteiger partial charge in [-0.1, -0.05) is 6.58 Å². The molecule has 31 heavy (non-hydrogen) atoms. The smallest absolute Gasteiger partial charge is 0.319 e. The standard InChI is InChI=1S/C13H29FN2O13P2/c1-3-22-27-29-28-23-6-7-24-31(20,21)26-11-12(8-15-2)4-5-13(9-16-14)10-25-30(17,18)19/h3,12-13,15-16H,1,4-11H2,2H3,(H,20,21)(H2,17,18,19). The molecule has 0 saturated heterocycles. The summed E-state index contributed by atoms with van der Waals surface area (Å²) in [5.74, 6) is -0.837. The molecule has 0 aromatic carbocycles. The molecule has 15 nitrogen and oxygen atoms in total. The second kappa shape index (κ2) is 17.9. The molecule has 0 heterocycles. The molecule has 0 bridgehead atoms. The Balaban J connectivity index is 4.28. The summed E-state index contributed by atoms with van der Waals surface area (Å²) < 4.78 is 49.1. The van der Waals surface area contributed by atoms with Crippen molar-refractivity contribution in [3.63, 3.8) is 0 Å². The van der Waals surface area contributed by atoms with Gasteiger partial charge in [0, 0.05) is 16.6 Å².